The van der Waals surface area contributed by atoms with Crippen LogP contribution in [0.3, 0.4) is 0 Å². The average Bonchev–Trinajstić information content (AvgIpc) is 2.88. The molecule has 2 unspecified atom stereocenters. The van der Waals surface area contributed by atoms with E-state index >= 15 is 0 Å². The van der Waals surface area contributed by atoms with E-state index in [-0.39, 0.29) is 19.0 Å². The third kappa shape index (κ3) is 2.52. The summed E-state index contributed by atoms with van der Waals surface area (Å²) < 4.78 is 11.2. The van der Waals surface area contributed by atoms with E-state index < -0.39 is 11.7 Å². The summed E-state index contributed by atoms with van der Waals surface area (Å²) in [5.41, 5.74) is 0.315. The van der Waals surface area contributed by atoms with Crippen LogP contribution < -0.4 is 9.47 Å². The Hall–Kier alpha value is -1.56. The molecule has 2 aromatic rings. The third-order valence-electron chi connectivity index (χ3n) is 3.76. The van der Waals surface area contributed by atoms with Crippen molar-refractivity contribution in [3.63, 3.8) is 0 Å². The monoisotopic (exact) mass is 311 g/mol. The first kappa shape index (κ1) is 15.8. The summed E-state index contributed by atoms with van der Waals surface area (Å²) in [7, 11) is 1.61. The normalized spacial score (nSPS) is 19.3. The molecule has 0 spiro atoms. The van der Waals surface area contributed by atoms with E-state index in [1.165, 1.54) is 0 Å². The summed E-state index contributed by atoms with van der Waals surface area (Å²) in [5.74, 6) is 1.20. The number of aliphatic hydroxyl groups is 2. The Bertz CT molecular complexity index is 659. The van der Waals surface area contributed by atoms with Gasteiger partial charge in [0.05, 0.1) is 24.8 Å². The molecule has 1 aromatic carbocycles. The van der Waals surface area contributed by atoms with Crippen molar-refractivity contribution in [2.24, 2.45) is 0 Å². The molecular weight excluding hydrogens is 294 g/mol. The SMILES string of the molecule is COc1c2c(nc3ccccc13)OC(C(C)(O)CO)C2.Cl. The molecule has 2 N–H and O–H groups in total. The minimum Gasteiger partial charge on any atom is -0.496 e. The minimum absolute atomic E-state index is 0. The number of methoxy groups -OCH3 is 1. The Morgan fingerprint density at radius 2 is 2.14 bits per heavy atom. The van der Waals surface area contributed by atoms with Gasteiger partial charge in [0, 0.05) is 11.8 Å². The number of ether oxygens (including phenoxy) is 2. The van der Waals surface area contributed by atoms with Crippen LogP contribution in [0.5, 0.6) is 11.6 Å². The van der Waals surface area contributed by atoms with Crippen LogP contribution >= 0.6 is 12.4 Å². The first-order valence-corrected chi connectivity index (χ1v) is 6.52. The second-order valence-corrected chi connectivity index (χ2v) is 5.27. The second kappa shape index (κ2) is 5.67. The molecule has 0 bridgehead atoms. The maximum absolute atomic E-state index is 10.2. The van der Waals surface area contributed by atoms with E-state index in [0.29, 0.717) is 12.3 Å². The van der Waals surface area contributed by atoms with E-state index in [9.17, 15) is 10.2 Å². The number of hydrogen-bond donors (Lipinski definition) is 2. The zero-order valence-corrected chi connectivity index (χ0v) is 12.7. The topological polar surface area (TPSA) is 71.8 Å². The fraction of sp³-hybridized carbons (Fsp3) is 0.400. The van der Waals surface area contributed by atoms with Gasteiger partial charge in [-0.3, -0.25) is 0 Å². The van der Waals surface area contributed by atoms with Crippen LogP contribution in [0.1, 0.15) is 12.5 Å². The van der Waals surface area contributed by atoms with E-state index in [1.807, 2.05) is 24.3 Å². The van der Waals surface area contributed by atoms with Crippen molar-refractivity contribution < 1.29 is 19.7 Å². The first-order chi connectivity index (χ1) is 9.56. The predicted molar refractivity (Wildman–Crippen MR) is 81.4 cm³/mol. The summed E-state index contributed by atoms with van der Waals surface area (Å²) in [6.07, 6.45) is -0.0649. The fourth-order valence-corrected chi connectivity index (χ4v) is 2.52. The number of fused-ring (bicyclic) bond motifs is 2. The molecular formula is C15H18ClNO4. The largest absolute Gasteiger partial charge is 0.496 e. The number of benzene rings is 1. The molecule has 1 aromatic heterocycles. The zero-order chi connectivity index (χ0) is 14.3. The van der Waals surface area contributed by atoms with Crippen LogP contribution in [-0.2, 0) is 6.42 Å². The Morgan fingerprint density at radius 1 is 1.43 bits per heavy atom. The van der Waals surface area contributed by atoms with Crippen molar-refractivity contribution in [1.29, 1.82) is 0 Å². The van der Waals surface area contributed by atoms with Crippen LogP contribution in [0.25, 0.3) is 10.9 Å². The lowest BCUT2D eigenvalue weighted by Gasteiger charge is -2.26. The molecule has 2 atom stereocenters. The molecule has 3 rings (SSSR count). The Kier molecular flexibility index (Phi) is 4.27. The van der Waals surface area contributed by atoms with Crippen molar-refractivity contribution in [1.82, 2.24) is 4.98 Å². The second-order valence-electron chi connectivity index (χ2n) is 5.27. The Labute approximate surface area is 128 Å². The van der Waals surface area contributed by atoms with Crippen molar-refractivity contribution in [2.45, 2.75) is 25.0 Å². The van der Waals surface area contributed by atoms with Gasteiger partial charge in [0.15, 0.2) is 0 Å². The van der Waals surface area contributed by atoms with Gasteiger partial charge >= 0.3 is 0 Å². The average molecular weight is 312 g/mol. The summed E-state index contributed by atoms with van der Waals surface area (Å²) >= 11 is 0. The van der Waals surface area contributed by atoms with Gasteiger partial charge in [-0.05, 0) is 19.1 Å². The van der Waals surface area contributed by atoms with Gasteiger partial charge in [0.2, 0.25) is 5.88 Å². The van der Waals surface area contributed by atoms with Gasteiger partial charge in [-0.1, -0.05) is 12.1 Å². The summed E-state index contributed by atoms with van der Waals surface area (Å²) in [6, 6.07) is 7.66. The molecule has 0 amide bonds. The molecule has 0 saturated heterocycles. The maximum Gasteiger partial charge on any atom is 0.221 e. The highest BCUT2D eigenvalue weighted by Gasteiger charge is 2.40. The maximum atomic E-state index is 10.2. The first-order valence-electron chi connectivity index (χ1n) is 6.52. The number of aromatic nitrogens is 1. The fourth-order valence-electron chi connectivity index (χ4n) is 2.52. The molecule has 0 radical (unpaired) electrons. The Balaban J connectivity index is 0.00000161. The number of pyridine rings is 1. The summed E-state index contributed by atoms with van der Waals surface area (Å²) in [4.78, 5) is 4.47. The summed E-state index contributed by atoms with van der Waals surface area (Å²) in [6.45, 7) is 1.18. The number of para-hydroxylation sites is 1. The highest BCUT2D eigenvalue weighted by Crippen LogP contribution is 2.41. The zero-order valence-electron chi connectivity index (χ0n) is 11.9. The van der Waals surface area contributed by atoms with Gasteiger partial charge in [-0.15, -0.1) is 12.4 Å². The van der Waals surface area contributed by atoms with Crippen LogP contribution in [0.15, 0.2) is 24.3 Å². The van der Waals surface area contributed by atoms with Gasteiger partial charge < -0.3 is 19.7 Å². The standard InChI is InChI=1S/C15H17NO4.ClH/c1-15(18,8-17)12-7-10-13(19-2)9-5-3-4-6-11(9)16-14(10)20-12;/h3-6,12,17-18H,7-8H2,1-2H3;1H. The van der Waals surface area contributed by atoms with E-state index in [1.54, 1.807) is 14.0 Å². The highest BCUT2D eigenvalue weighted by molar-refractivity contribution is 5.87. The van der Waals surface area contributed by atoms with Gasteiger partial charge in [-0.2, -0.15) is 0 Å². The van der Waals surface area contributed by atoms with Crippen LogP contribution in [0, 0.1) is 0 Å². The van der Waals surface area contributed by atoms with Crippen molar-refractivity contribution in [3.8, 4) is 11.6 Å². The highest BCUT2D eigenvalue weighted by atomic mass is 35.5. The predicted octanol–water partition coefficient (Wildman–Crippen LogP) is 1.71. The third-order valence-corrected chi connectivity index (χ3v) is 3.76. The van der Waals surface area contributed by atoms with E-state index in [2.05, 4.69) is 4.98 Å². The number of rotatable bonds is 3. The minimum atomic E-state index is -1.31. The number of hydrogen-bond acceptors (Lipinski definition) is 5. The molecule has 114 valence electrons. The molecule has 0 fully saturated rings. The van der Waals surface area contributed by atoms with E-state index in [0.717, 1.165) is 22.2 Å². The molecule has 5 nitrogen and oxygen atoms in total. The molecule has 21 heavy (non-hydrogen) atoms. The summed E-state index contributed by atoms with van der Waals surface area (Å²) in [5, 5.41) is 20.3. The van der Waals surface area contributed by atoms with Crippen molar-refractivity contribution in [2.75, 3.05) is 13.7 Å². The number of halogens is 1. The van der Waals surface area contributed by atoms with E-state index in [4.69, 9.17) is 9.47 Å². The molecule has 0 saturated carbocycles. The van der Waals surface area contributed by atoms with Crippen molar-refractivity contribution in [3.05, 3.63) is 29.8 Å². The lowest BCUT2D eigenvalue weighted by atomic mass is 9.95. The lowest BCUT2D eigenvalue weighted by molar-refractivity contribution is -0.0738. The smallest absolute Gasteiger partial charge is 0.221 e. The molecule has 2 heterocycles. The van der Waals surface area contributed by atoms with Crippen LogP contribution in [-0.4, -0.2) is 40.6 Å². The molecule has 1 aliphatic heterocycles. The number of aliphatic hydroxyl groups excluding tert-OH is 1. The molecule has 0 aliphatic carbocycles. The van der Waals surface area contributed by atoms with Crippen LogP contribution in [0.4, 0.5) is 0 Å². The molecule has 1 aliphatic rings. The quantitative estimate of drug-likeness (QED) is 0.903. The van der Waals surface area contributed by atoms with Gasteiger partial charge in [0.1, 0.15) is 17.5 Å². The van der Waals surface area contributed by atoms with Crippen molar-refractivity contribution >= 4 is 23.3 Å². The number of nitrogens with zero attached hydrogens (tertiary/aromatic N) is 1. The van der Waals surface area contributed by atoms with Gasteiger partial charge in [-0.25, -0.2) is 4.98 Å². The molecule has 6 heteroatoms. The lowest BCUT2D eigenvalue weighted by Crippen LogP contribution is -2.45. The van der Waals surface area contributed by atoms with Gasteiger partial charge in [0.25, 0.3) is 0 Å². The van der Waals surface area contributed by atoms with Crippen LogP contribution in [0.2, 0.25) is 0 Å². The Morgan fingerprint density at radius 3 is 2.81 bits per heavy atom.